The summed E-state index contributed by atoms with van der Waals surface area (Å²) in [7, 11) is 0.290. The number of amides is 1. The summed E-state index contributed by atoms with van der Waals surface area (Å²) in [4.78, 5) is 19.7. The van der Waals surface area contributed by atoms with E-state index in [1.54, 1.807) is 19.4 Å². The number of hydrogen-bond acceptors (Lipinski definition) is 9. The summed E-state index contributed by atoms with van der Waals surface area (Å²) < 4.78 is 22.5. The average molecular weight is 583 g/mol. The van der Waals surface area contributed by atoms with Crippen LogP contribution in [0.1, 0.15) is 34.5 Å². The van der Waals surface area contributed by atoms with Gasteiger partial charge in [-0.25, -0.2) is 0 Å². The molecule has 4 N–H and O–H groups in total. The molecule has 2 aromatic carbocycles. The van der Waals surface area contributed by atoms with Crippen molar-refractivity contribution in [2.45, 2.75) is 43.0 Å². The monoisotopic (exact) mass is 582 g/mol. The van der Waals surface area contributed by atoms with Gasteiger partial charge in [-0.2, -0.15) is 0 Å². The van der Waals surface area contributed by atoms with E-state index in [0.717, 1.165) is 42.9 Å². The number of nitrogens with zero attached hydrogens (tertiary/aromatic N) is 2. The number of carbonyl (C=O) groups excluding carboxylic acids is 1. The predicted octanol–water partition coefficient (Wildman–Crippen LogP) is 2.46. The van der Waals surface area contributed by atoms with Gasteiger partial charge in [-0.1, -0.05) is 12.1 Å². The fraction of sp³-hybridized carbons (Fsp3) is 0.400. The zero-order valence-corrected chi connectivity index (χ0v) is 24.2. The van der Waals surface area contributed by atoms with E-state index in [2.05, 4.69) is 20.5 Å². The minimum atomic E-state index is -1.33. The van der Waals surface area contributed by atoms with Gasteiger partial charge in [-0.3, -0.25) is 18.9 Å². The largest absolute Gasteiger partial charge is 0.507 e. The van der Waals surface area contributed by atoms with E-state index in [4.69, 9.17) is 9.47 Å². The third-order valence-electron chi connectivity index (χ3n) is 7.00. The van der Waals surface area contributed by atoms with Crippen LogP contribution in [0.4, 0.5) is 0 Å². The van der Waals surface area contributed by atoms with Gasteiger partial charge in [-0.05, 0) is 60.9 Å². The lowest BCUT2D eigenvalue weighted by atomic mass is 10.0. The van der Waals surface area contributed by atoms with E-state index in [1.807, 2.05) is 36.4 Å². The molecular weight excluding hydrogens is 544 g/mol. The van der Waals surface area contributed by atoms with Gasteiger partial charge < -0.3 is 30.3 Å². The number of ether oxygens (including phenoxy) is 2. The van der Waals surface area contributed by atoms with Crippen molar-refractivity contribution < 1.29 is 28.7 Å². The lowest BCUT2D eigenvalue weighted by molar-refractivity contribution is 0.0950. The van der Waals surface area contributed by atoms with Crippen LogP contribution in [0.15, 0.2) is 65.7 Å². The first-order chi connectivity index (χ1) is 19.8. The van der Waals surface area contributed by atoms with E-state index in [0.29, 0.717) is 41.9 Å². The number of aromatic nitrogens is 1. The van der Waals surface area contributed by atoms with Crippen molar-refractivity contribution in [3.05, 3.63) is 77.6 Å². The van der Waals surface area contributed by atoms with Crippen LogP contribution in [0.2, 0.25) is 0 Å². The predicted molar refractivity (Wildman–Crippen MR) is 157 cm³/mol. The van der Waals surface area contributed by atoms with Crippen molar-refractivity contribution in [1.29, 1.82) is 0 Å². The van der Waals surface area contributed by atoms with Crippen LogP contribution in [-0.2, 0) is 23.9 Å². The lowest BCUT2D eigenvalue weighted by Gasteiger charge is -2.32. The van der Waals surface area contributed by atoms with Gasteiger partial charge in [0, 0.05) is 51.2 Å². The molecule has 1 aromatic heterocycles. The highest BCUT2D eigenvalue weighted by molar-refractivity contribution is 7.84. The van der Waals surface area contributed by atoms with E-state index >= 15 is 0 Å². The van der Waals surface area contributed by atoms with Gasteiger partial charge in [0.2, 0.25) is 0 Å². The molecule has 10 nitrogen and oxygen atoms in total. The average Bonchev–Trinajstić information content (AvgIpc) is 2.99. The van der Waals surface area contributed by atoms with E-state index in [9.17, 15) is 19.2 Å². The Balaban J connectivity index is 1.13. The van der Waals surface area contributed by atoms with Crippen LogP contribution >= 0.6 is 0 Å². The molecule has 1 saturated heterocycles. The first kappa shape index (κ1) is 30.4. The smallest absolute Gasteiger partial charge is 0.253 e. The molecule has 2 heterocycles. The third-order valence-corrected chi connectivity index (χ3v) is 7.94. The molecule has 220 valence electrons. The quantitative estimate of drug-likeness (QED) is 0.240. The summed E-state index contributed by atoms with van der Waals surface area (Å²) >= 11 is 0. The maximum absolute atomic E-state index is 12.5. The molecule has 0 saturated carbocycles. The second kappa shape index (κ2) is 14.9. The van der Waals surface area contributed by atoms with Crippen molar-refractivity contribution >= 4 is 16.7 Å². The number of likely N-dealkylation sites (tertiary alicyclic amines) is 1. The van der Waals surface area contributed by atoms with Crippen LogP contribution < -0.4 is 20.1 Å². The Morgan fingerprint density at radius 2 is 1.85 bits per heavy atom. The molecule has 0 bridgehead atoms. The SMILES string of the molecule is COc1ccc(CNC(=O)c2ccc(CN3CCC(NCC(O)COc4ccc(O)c(S(C)=O)c4)CC3)nc2)cc1. The van der Waals surface area contributed by atoms with Crippen LogP contribution in [0, 0.1) is 0 Å². The normalized spacial score (nSPS) is 15.7. The Hall–Kier alpha value is -3.51. The molecule has 2 unspecified atom stereocenters. The molecule has 11 heteroatoms. The number of carbonyl (C=O) groups is 1. The van der Waals surface area contributed by atoms with E-state index in [1.165, 1.54) is 18.4 Å². The van der Waals surface area contributed by atoms with Crippen LogP contribution in [0.25, 0.3) is 0 Å². The van der Waals surface area contributed by atoms with Crippen molar-refractivity contribution in [2.75, 3.05) is 39.6 Å². The standard InChI is InChI=1S/C30H38N4O6S/c1-39-26-7-3-21(4-8-26)16-33-30(37)22-5-6-24(31-17-22)19-34-13-11-23(12-14-34)32-18-25(35)20-40-27-9-10-28(36)29(15-27)41(2)38/h3-10,15,17,23,25,32,35-36H,11-14,16,18-20H2,1-2H3,(H,33,37). The molecule has 2 atom stereocenters. The number of rotatable bonds is 13. The number of aliphatic hydroxyl groups is 1. The van der Waals surface area contributed by atoms with Crippen LogP contribution in [0.3, 0.4) is 0 Å². The van der Waals surface area contributed by atoms with Crippen LogP contribution in [-0.4, -0.2) is 82.0 Å². The molecule has 1 aliphatic heterocycles. The molecule has 4 rings (SSSR count). The number of hydrogen-bond donors (Lipinski definition) is 4. The Morgan fingerprint density at radius 3 is 2.51 bits per heavy atom. The highest BCUT2D eigenvalue weighted by Gasteiger charge is 2.20. The molecule has 0 aliphatic carbocycles. The number of phenols is 1. The van der Waals surface area contributed by atoms with Crippen molar-refractivity contribution in [3.63, 3.8) is 0 Å². The Morgan fingerprint density at radius 1 is 1.12 bits per heavy atom. The Labute approximate surface area is 243 Å². The fourth-order valence-electron chi connectivity index (χ4n) is 4.57. The number of nitrogens with one attached hydrogen (secondary N) is 2. The molecule has 1 aliphatic rings. The Bertz CT molecular complexity index is 1300. The van der Waals surface area contributed by atoms with Crippen LogP contribution in [0.5, 0.6) is 17.2 Å². The molecule has 0 radical (unpaired) electrons. The highest BCUT2D eigenvalue weighted by atomic mass is 32.2. The van der Waals surface area contributed by atoms with E-state index < -0.39 is 16.9 Å². The molecular formula is C30H38N4O6S. The lowest BCUT2D eigenvalue weighted by Crippen LogP contribution is -2.45. The van der Waals surface area contributed by atoms with Gasteiger partial charge in [-0.15, -0.1) is 0 Å². The summed E-state index contributed by atoms with van der Waals surface area (Å²) in [5.41, 5.74) is 2.43. The number of aromatic hydroxyl groups is 1. The molecule has 41 heavy (non-hydrogen) atoms. The number of methoxy groups -OCH3 is 1. The number of phenolic OH excluding ortho intramolecular Hbond substituents is 1. The molecule has 1 amide bonds. The molecule has 3 aromatic rings. The first-order valence-corrected chi connectivity index (χ1v) is 15.2. The Kier molecular flexibility index (Phi) is 11.1. The minimum Gasteiger partial charge on any atom is -0.507 e. The van der Waals surface area contributed by atoms with Gasteiger partial charge in [0.1, 0.15) is 30.0 Å². The molecule has 0 spiro atoms. The number of benzene rings is 2. The maximum atomic E-state index is 12.5. The summed E-state index contributed by atoms with van der Waals surface area (Å²) in [6.45, 7) is 3.44. The van der Waals surface area contributed by atoms with Gasteiger partial charge >= 0.3 is 0 Å². The number of aliphatic hydroxyl groups excluding tert-OH is 1. The number of pyridine rings is 1. The topological polar surface area (TPSA) is 133 Å². The fourth-order valence-corrected chi connectivity index (χ4v) is 5.22. The summed E-state index contributed by atoms with van der Waals surface area (Å²) in [5, 5.41) is 26.5. The third kappa shape index (κ3) is 9.25. The van der Waals surface area contributed by atoms with E-state index in [-0.39, 0.29) is 18.3 Å². The second-order valence-corrected chi connectivity index (χ2v) is 11.4. The summed E-state index contributed by atoms with van der Waals surface area (Å²) in [6, 6.07) is 16.1. The second-order valence-electron chi connectivity index (χ2n) is 10.1. The van der Waals surface area contributed by atoms with Gasteiger partial charge in [0.25, 0.3) is 5.91 Å². The van der Waals surface area contributed by atoms with Gasteiger partial charge in [0.15, 0.2) is 0 Å². The van der Waals surface area contributed by atoms with Crippen molar-refractivity contribution in [3.8, 4) is 17.2 Å². The number of piperidine rings is 1. The van der Waals surface area contributed by atoms with Crippen molar-refractivity contribution in [1.82, 2.24) is 20.5 Å². The molecule has 1 fully saturated rings. The highest BCUT2D eigenvalue weighted by Crippen LogP contribution is 2.25. The zero-order valence-electron chi connectivity index (χ0n) is 23.4. The summed E-state index contributed by atoms with van der Waals surface area (Å²) in [5.74, 6) is 1.03. The first-order valence-electron chi connectivity index (χ1n) is 13.6. The van der Waals surface area contributed by atoms with Gasteiger partial charge in [0.05, 0.1) is 34.1 Å². The zero-order chi connectivity index (χ0) is 29.2. The van der Waals surface area contributed by atoms with Crippen molar-refractivity contribution in [2.24, 2.45) is 0 Å². The maximum Gasteiger partial charge on any atom is 0.253 e. The summed E-state index contributed by atoms with van der Waals surface area (Å²) in [6.07, 6.45) is 4.31. The minimum absolute atomic E-state index is 0.0383.